The summed E-state index contributed by atoms with van der Waals surface area (Å²) in [7, 11) is 0. The lowest BCUT2D eigenvalue weighted by molar-refractivity contribution is -0.120. The lowest BCUT2D eigenvalue weighted by Crippen LogP contribution is -2.37. The molecule has 0 saturated heterocycles. The Balaban J connectivity index is 2.20. The highest BCUT2D eigenvalue weighted by atomic mass is 79.9. The molecule has 0 bridgehead atoms. The third kappa shape index (κ3) is 4.20. The zero-order valence-corrected chi connectivity index (χ0v) is 15.0. The second-order valence-corrected chi connectivity index (χ2v) is 6.21. The number of rotatable bonds is 4. The second-order valence-electron chi connectivity index (χ2n) is 5.35. The summed E-state index contributed by atoms with van der Waals surface area (Å²) in [5, 5.41) is 2.82. The topological polar surface area (TPSA) is 49.4 Å². The number of carbonyl (C=O) groups is 2. The van der Waals surface area contributed by atoms with Crippen LogP contribution in [0.3, 0.4) is 0 Å². The molecule has 0 aromatic heterocycles. The molecule has 120 valence electrons. The van der Waals surface area contributed by atoms with E-state index in [0.29, 0.717) is 5.69 Å². The summed E-state index contributed by atoms with van der Waals surface area (Å²) in [6.07, 6.45) is 0. The molecule has 0 unspecified atom stereocenters. The fourth-order valence-electron chi connectivity index (χ4n) is 2.29. The molecular weight excluding hydrogens is 356 g/mol. The third-order valence-electron chi connectivity index (χ3n) is 3.70. The van der Waals surface area contributed by atoms with Crippen LogP contribution < -0.4 is 10.2 Å². The molecule has 0 aliphatic rings. The minimum atomic E-state index is -0.243. The predicted octanol–water partition coefficient (Wildman–Crippen LogP) is 4.06. The first kappa shape index (κ1) is 17.2. The van der Waals surface area contributed by atoms with Crippen LogP contribution >= 0.6 is 15.9 Å². The molecule has 4 nitrogen and oxygen atoms in total. The van der Waals surface area contributed by atoms with Crippen molar-refractivity contribution in [2.24, 2.45) is 0 Å². The van der Waals surface area contributed by atoms with E-state index in [1.807, 2.05) is 50.2 Å². The van der Waals surface area contributed by atoms with Crippen LogP contribution in [0.1, 0.15) is 18.1 Å². The van der Waals surface area contributed by atoms with E-state index in [1.165, 1.54) is 11.8 Å². The van der Waals surface area contributed by atoms with Gasteiger partial charge in [-0.2, -0.15) is 0 Å². The Morgan fingerprint density at radius 2 is 1.78 bits per heavy atom. The SMILES string of the molecule is CC(=O)N(CC(=O)Nc1ccccc1Br)c1cccc(C)c1C. The number of halogens is 1. The van der Waals surface area contributed by atoms with E-state index in [0.717, 1.165) is 21.3 Å². The second kappa shape index (κ2) is 7.42. The first-order valence-electron chi connectivity index (χ1n) is 7.29. The van der Waals surface area contributed by atoms with Crippen molar-refractivity contribution in [3.63, 3.8) is 0 Å². The molecule has 2 aromatic rings. The minimum absolute atomic E-state index is 0.0268. The van der Waals surface area contributed by atoms with Gasteiger partial charge in [0.25, 0.3) is 0 Å². The van der Waals surface area contributed by atoms with Gasteiger partial charge in [-0.15, -0.1) is 0 Å². The molecule has 0 aliphatic heterocycles. The number of nitrogens with zero attached hydrogens (tertiary/aromatic N) is 1. The minimum Gasteiger partial charge on any atom is -0.324 e. The summed E-state index contributed by atoms with van der Waals surface area (Å²) in [5.41, 5.74) is 3.53. The number of hydrogen-bond acceptors (Lipinski definition) is 2. The maximum absolute atomic E-state index is 12.3. The van der Waals surface area contributed by atoms with Gasteiger partial charge in [-0.25, -0.2) is 0 Å². The van der Waals surface area contributed by atoms with Crippen LogP contribution in [0.25, 0.3) is 0 Å². The number of aryl methyl sites for hydroxylation is 1. The van der Waals surface area contributed by atoms with E-state index in [9.17, 15) is 9.59 Å². The van der Waals surface area contributed by atoms with Crippen LogP contribution in [0.15, 0.2) is 46.9 Å². The Hall–Kier alpha value is -2.14. The molecular formula is C18H19BrN2O2. The van der Waals surface area contributed by atoms with Gasteiger partial charge in [0.1, 0.15) is 6.54 Å². The number of anilines is 2. The molecule has 0 saturated carbocycles. The van der Waals surface area contributed by atoms with Crippen LogP contribution in [-0.4, -0.2) is 18.4 Å². The number of carbonyl (C=O) groups excluding carboxylic acids is 2. The van der Waals surface area contributed by atoms with Crippen LogP contribution in [0.2, 0.25) is 0 Å². The molecule has 2 rings (SSSR count). The molecule has 1 N–H and O–H groups in total. The summed E-state index contributed by atoms with van der Waals surface area (Å²) >= 11 is 3.39. The van der Waals surface area contributed by atoms with Crippen LogP contribution in [0, 0.1) is 13.8 Å². The van der Waals surface area contributed by atoms with Gasteiger partial charge in [0.15, 0.2) is 0 Å². The summed E-state index contributed by atoms with van der Waals surface area (Å²) in [6, 6.07) is 13.1. The van der Waals surface area contributed by atoms with Gasteiger partial charge in [0.2, 0.25) is 11.8 Å². The maximum atomic E-state index is 12.3. The van der Waals surface area contributed by atoms with E-state index in [4.69, 9.17) is 0 Å². The smallest absolute Gasteiger partial charge is 0.244 e. The molecule has 0 heterocycles. The van der Waals surface area contributed by atoms with E-state index < -0.39 is 0 Å². The zero-order chi connectivity index (χ0) is 17.0. The highest BCUT2D eigenvalue weighted by molar-refractivity contribution is 9.10. The highest BCUT2D eigenvalue weighted by Crippen LogP contribution is 2.24. The fraction of sp³-hybridized carbons (Fsp3) is 0.222. The lowest BCUT2D eigenvalue weighted by atomic mass is 10.1. The number of hydrogen-bond donors (Lipinski definition) is 1. The molecule has 23 heavy (non-hydrogen) atoms. The van der Waals surface area contributed by atoms with Crippen molar-refractivity contribution in [2.75, 3.05) is 16.8 Å². The highest BCUT2D eigenvalue weighted by Gasteiger charge is 2.18. The first-order chi connectivity index (χ1) is 10.9. The fourth-order valence-corrected chi connectivity index (χ4v) is 2.67. The van der Waals surface area contributed by atoms with E-state index in [-0.39, 0.29) is 18.4 Å². The Kier molecular flexibility index (Phi) is 5.55. The lowest BCUT2D eigenvalue weighted by Gasteiger charge is -2.23. The van der Waals surface area contributed by atoms with Gasteiger partial charge in [0, 0.05) is 17.1 Å². The van der Waals surface area contributed by atoms with Crippen molar-refractivity contribution < 1.29 is 9.59 Å². The maximum Gasteiger partial charge on any atom is 0.244 e. The summed E-state index contributed by atoms with van der Waals surface area (Å²) in [6.45, 7) is 5.37. The standard InChI is InChI=1S/C18H19BrN2O2/c1-12-7-6-10-17(13(12)2)21(14(3)22)11-18(23)20-16-9-5-4-8-15(16)19/h4-10H,11H2,1-3H3,(H,20,23). The number of amides is 2. The molecule has 0 aliphatic carbocycles. The molecule has 2 aromatic carbocycles. The van der Waals surface area contributed by atoms with E-state index in [1.54, 1.807) is 6.07 Å². The van der Waals surface area contributed by atoms with Gasteiger partial charge in [-0.05, 0) is 59.1 Å². The molecule has 0 fully saturated rings. The van der Waals surface area contributed by atoms with Crippen molar-refractivity contribution in [3.8, 4) is 0 Å². The van der Waals surface area contributed by atoms with Crippen molar-refractivity contribution in [1.82, 2.24) is 0 Å². The van der Waals surface area contributed by atoms with Crippen LogP contribution in [-0.2, 0) is 9.59 Å². The Morgan fingerprint density at radius 1 is 1.09 bits per heavy atom. The monoisotopic (exact) mass is 374 g/mol. The predicted molar refractivity (Wildman–Crippen MR) is 96.7 cm³/mol. The van der Waals surface area contributed by atoms with Crippen molar-refractivity contribution in [3.05, 3.63) is 58.1 Å². The van der Waals surface area contributed by atoms with Gasteiger partial charge in [-0.3, -0.25) is 9.59 Å². The zero-order valence-electron chi connectivity index (χ0n) is 13.4. The van der Waals surface area contributed by atoms with E-state index >= 15 is 0 Å². The van der Waals surface area contributed by atoms with Gasteiger partial charge in [-0.1, -0.05) is 24.3 Å². The summed E-state index contributed by atoms with van der Waals surface area (Å²) in [5.74, 6) is -0.408. The average Bonchev–Trinajstić information content (AvgIpc) is 2.50. The molecule has 0 spiro atoms. The number of nitrogens with one attached hydrogen (secondary N) is 1. The molecule has 0 atom stereocenters. The summed E-state index contributed by atoms with van der Waals surface area (Å²) < 4.78 is 0.800. The Labute approximate surface area is 144 Å². The summed E-state index contributed by atoms with van der Waals surface area (Å²) in [4.78, 5) is 25.8. The largest absolute Gasteiger partial charge is 0.324 e. The first-order valence-corrected chi connectivity index (χ1v) is 8.08. The normalized spacial score (nSPS) is 10.3. The number of para-hydroxylation sites is 1. The van der Waals surface area contributed by atoms with Gasteiger partial charge in [0.05, 0.1) is 5.69 Å². The van der Waals surface area contributed by atoms with Crippen molar-refractivity contribution in [1.29, 1.82) is 0 Å². The van der Waals surface area contributed by atoms with Crippen molar-refractivity contribution in [2.45, 2.75) is 20.8 Å². The number of benzene rings is 2. The van der Waals surface area contributed by atoms with Gasteiger partial charge >= 0.3 is 0 Å². The molecule has 0 radical (unpaired) electrons. The van der Waals surface area contributed by atoms with Crippen LogP contribution in [0.5, 0.6) is 0 Å². The Bertz CT molecular complexity index is 744. The third-order valence-corrected chi connectivity index (χ3v) is 4.39. The molecule has 2 amide bonds. The van der Waals surface area contributed by atoms with Crippen LogP contribution in [0.4, 0.5) is 11.4 Å². The van der Waals surface area contributed by atoms with E-state index in [2.05, 4.69) is 21.2 Å². The van der Waals surface area contributed by atoms with Crippen molar-refractivity contribution >= 4 is 39.1 Å². The van der Waals surface area contributed by atoms with Gasteiger partial charge < -0.3 is 10.2 Å². The molecule has 5 heteroatoms. The Morgan fingerprint density at radius 3 is 2.43 bits per heavy atom. The average molecular weight is 375 g/mol. The quantitative estimate of drug-likeness (QED) is 0.876.